The molecule has 0 spiro atoms. The maximum absolute atomic E-state index is 5.59. The second-order valence-electron chi connectivity index (χ2n) is 4.15. The van der Waals surface area contributed by atoms with Crippen molar-refractivity contribution in [2.24, 2.45) is 0 Å². The fourth-order valence-corrected chi connectivity index (χ4v) is 2.08. The van der Waals surface area contributed by atoms with Crippen LogP contribution in [-0.2, 0) is 0 Å². The fourth-order valence-electron chi connectivity index (χ4n) is 1.73. The zero-order valence-corrected chi connectivity index (χ0v) is 11.2. The lowest BCUT2D eigenvalue weighted by Crippen LogP contribution is -1.90. The Morgan fingerprint density at radius 2 is 1.94 bits per heavy atom. The zero-order chi connectivity index (χ0) is 11.7. The van der Waals surface area contributed by atoms with E-state index in [1.54, 1.807) is 0 Å². The minimum atomic E-state index is 0.327. The Bertz CT molecular complexity index is 502. The van der Waals surface area contributed by atoms with Gasteiger partial charge in [-0.15, -0.1) is 0 Å². The van der Waals surface area contributed by atoms with E-state index >= 15 is 0 Å². The first kappa shape index (κ1) is 11.4. The van der Waals surface area contributed by atoms with Crippen LogP contribution >= 0.6 is 15.9 Å². The number of nitrogens with zero attached hydrogens (tertiary/aromatic N) is 1. The van der Waals surface area contributed by atoms with E-state index in [0.717, 1.165) is 17.0 Å². The summed E-state index contributed by atoms with van der Waals surface area (Å²) in [5.74, 6) is 1.26. The molecule has 2 aromatic rings. The topological polar surface area (TPSA) is 26.0 Å². The summed E-state index contributed by atoms with van der Waals surface area (Å²) in [6.07, 6.45) is 0. The van der Waals surface area contributed by atoms with Crippen molar-refractivity contribution in [1.82, 2.24) is 4.98 Å². The molecule has 84 valence electrons. The zero-order valence-electron chi connectivity index (χ0n) is 9.62. The summed E-state index contributed by atoms with van der Waals surface area (Å²) < 4.78 is 5.59. The van der Waals surface area contributed by atoms with E-state index in [1.165, 1.54) is 5.56 Å². The fraction of sp³-hybridized carbons (Fsp3) is 0.308. The third kappa shape index (κ3) is 2.05. The van der Waals surface area contributed by atoms with Gasteiger partial charge < -0.3 is 4.42 Å². The Morgan fingerprint density at radius 1 is 1.25 bits per heavy atom. The van der Waals surface area contributed by atoms with Gasteiger partial charge in [-0.25, -0.2) is 4.98 Å². The molecule has 0 fully saturated rings. The monoisotopic (exact) mass is 279 g/mol. The number of aromatic nitrogens is 1. The second-order valence-corrected chi connectivity index (χ2v) is 4.83. The molecule has 2 rings (SSSR count). The number of hydrogen-bond acceptors (Lipinski definition) is 2. The van der Waals surface area contributed by atoms with Crippen molar-refractivity contribution in [2.45, 2.75) is 26.7 Å². The van der Waals surface area contributed by atoms with Gasteiger partial charge in [0, 0.05) is 27.4 Å². The van der Waals surface area contributed by atoms with Crippen molar-refractivity contribution in [3.63, 3.8) is 0 Å². The summed E-state index contributed by atoms with van der Waals surface area (Å²) in [6.45, 7) is 6.30. The van der Waals surface area contributed by atoms with Crippen molar-refractivity contribution in [1.29, 1.82) is 0 Å². The van der Waals surface area contributed by atoms with Crippen LogP contribution in [-0.4, -0.2) is 4.98 Å². The minimum absolute atomic E-state index is 0.327. The van der Waals surface area contributed by atoms with Crippen LogP contribution in [0, 0.1) is 6.92 Å². The van der Waals surface area contributed by atoms with Crippen LogP contribution in [0.5, 0.6) is 0 Å². The van der Waals surface area contributed by atoms with Crippen LogP contribution in [0.1, 0.15) is 31.1 Å². The highest BCUT2D eigenvalue weighted by atomic mass is 79.9. The number of aryl methyl sites for hydroxylation is 1. The molecule has 1 heterocycles. The lowest BCUT2D eigenvalue weighted by molar-refractivity contribution is 0.461. The lowest BCUT2D eigenvalue weighted by atomic mass is 10.0. The van der Waals surface area contributed by atoms with Crippen LogP contribution in [0.3, 0.4) is 0 Å². The molecule has 0 radical (unpaired) electrons. The SMILES string of the molecule is Cc1ccccc1-c1nc(Br)oc1C(C)C. The lowest BCUT2D eigenvalue weighted by Gasteiger charge is -2.06. The van der Waals surface area contributed by atoms with E-state index in [0.29, 0.717) is 10.7 Å². The summed E-state index contributed by atoms with van der Waals surface area (Å²) in [5.41, 5.74) is 3.30. The molecule has 0 amide bonds. The highest BCUT2D eigenvalue weighted by Crippen LogP contribution is 2.32. The molecule has 0 unspecified atom stereocenters. The van der Waals surface area contributed by atoms with Gasteiger partial charge >= 0.3 is 0 Å². The number of halogens is 1. The molecule has 0 aliphatic carbocycles. The third-order valence-electron chi connectivity index (χ3n) is 2.55. The normalized spacial score (nSPS) is 11.1. The molecule has 0 aliphatic rings. The first-order valence-electron chi connectivity index (χ1n) is 5.32. The summed E-state index contributed by atoms with van der Waals surface area (Å²) in [5, 5.41) is 0. The minimum Gasteiger partial charge on any atom is -0.435 e. The quantitative estimate of drug-likeness (QED) is 0.807. The molecule has 0 saturated carbocycles. The average Bonchev–Trinajstić information content (AvgIpc) is 2.61. The molecular formula is C13H14BrNO. The Hall–Kier alpha value is -1.09. The van der Waals surface area contributed by atoms with Crippen molar-refractivity contribution in [2.75, 3.05) is 0 Å². The molecule has 0 atom stereocenters. The van der Waals surface area contributed by atoms with Crippen LogP contribution < -0.4 is 0 Å². The Labute approximate surface area is 104 Å². The molecule has 0 N–H and O–H groups in total. The first-order valence-corrected chi connectivity index (χ1v) is 6.11. The smallest absolute Gasteiger partial charge is 0.264 e. The van der Waals surface area contributed by atoms with Gasteiger partial charge in [0.1, 0.15) is 11.5 Å². The van der Waals surface area contributed by atoms with Gasteiger partial charge in [0.15, 0.2) is 0 Å². The second kappa shape index (κ2) is 4.42. The van der Waals surface area contributed by atoms with E-state index in [4.69, 9.17) is 4.42 Å². The van der Waals surface area contributed by atoms with E-state index in [2.05, 4.69) is 53.8 Å². The van der Waals surface area contributed by atoms with Crippen molar-refractivity contribution in [3.8, 4) is 11.3 Å². The van der Waals surface area contributed by atoms with E-state index in [-0.39, 0.29) is 0 Å². The Morgan fingerprint density at radius 3 is 2.56 bits per heavy atom. The average molecular weight is 280 g/mol. The summed E-state index contributed by atoms with van der Waals surface area (Å²) >= 11 is 3.30. The Balaban J connectivity index is 2.60. The number of benzene rings is 1. The summed E-state index contributed by atoms with van der Waals surface area (Å²) in [6, 6.07) is 8.21. The van der Waals surface area contributed by atoms with Gasteiger partial charge in [0.05, 0.1) is 0 Å². The van der Waals surface area contributed by atoms with E-state index in [1.807, 2.05) is 12.1 Å². The Kier molecular flexibility index (Phi) is 3.15. The molecule has 2 nitrogen and oxygen atoms in total. The van der Waals surface area contributed by atoms with Gasteiger partial charge in [-0.2, -0.15) is 0 Å². The molecule has 0 saturated heterocycles. The molecular weight excluding hydrogens is 266 g/mol. The highest BCUT2D eigenvalue weighted by Gasteiger charge is 2.17. The molecule has 1 aromatic heterocycles. The molecule has 3 heteroatoms. The van der Waals surface area contributed by atoms with Crippen LogP contribution in [0.2, 0.25) is 0 Å². The van der Waals surface area contributed by atoms with E-state index < -0.39 is 0 Å². The first-order chi connectivity index (χ1) is 7.59. The van der Waals surface area contributed by atoms with Gasteiger partial charge in [0.25, 0.3) is 4.80 Å². The van der Waals surface area contributed by atoms with Gasteiger partial charge in [-0.1, -0.05) is 38.1 Å². The molecule has 0 bridgehead atoms. The number of oxazole rings is 1. The van der Waals surface area contributed by atoms with Crippen LogP contribution in [0.15, 0.2) is 33.5 Å². The van der Waals surface area contributed by atoms with Crippen LogP contribution in [0.4, 0.5) is 0 Å². The van der Waals surface area contributed by atoms with Crippen molar-refractivity contribution >= 4 is 15.9 Å². The number of hydrogen-bond donors (Lipinski definition) is 0. The summed E-state index contributed by atoms with van der Waals surface area (Å²) in [4.78, 5) is 4.96. The highest BCUT2D eigenvalue weighted by molar-refractivity contribution is 9.10. The van der Waals surface area contributed by atoms with Crippen molar-refractivity contribution in [3.05, 3.63) is 40.4 Å². The predicted octanol–water partition coefficient (Wildman–Crippen LogP) is 4.54. The van der Waals surface area contributed by atoms with E-state index in [9.17, 15) is 0 Å². The van der Waals surface area contributed by atoms with Crippen molar-refractivity contribution < 1.29 is 4.42 Å². The number of rotatable bonds is 2. The maximum atomic E-state index is 5.59. The largest absolute Gasteiger partial charge is 0.435 e. The van der Waals surface area contributed by atoms with Gasteiger partial charge in [-0.05, 0) is 12.5 Å². The predicted molar refractivity (Wildman–Crippen MR) is 68.5 cm³/mol. The third-order valence-corrected chi connectivity index (χ3v) is 2.89. The van der Waals surface area contributed by atoms with Gasteiger partial charge in [-0.3, -0.25) is 0 Å². The maximum Gasteiger partial charge on any atom is 0.264 e. The van der Waals surface area contributed by atoms with Gasteiger partial charge in [0.2, 0.25) is 0 Å². The van der Waals surface area contributed by atoms with Crippen LogP contribution in [0.25, 0.3) is 11.3 Å². The standard InChI is InChI=1S/C13H14BrNO/c1-8(2)12-11(15-13(14)16-12)10-7-5-4-6-9(10)3/h4-8H,1-3H3. The molecule has 1 aromatic carbocycles. The summed E-state index contributed by atoms with van der Waals surface area (Å²) in [7, 11) is 0. The molecule has 0 aliphatic heterocycles. The molecule has 16 heavy (non-hydrogen) atoms.